The van der Waals surface area contributed by atoms with Crippen LogP contribution in [0.15, 0.2) is 46.2 Å². The van der Waals surface area contributed by atoms with Gasteiger partial charge >= 0.3 is 11.9 Å². The van der Waals surface area contributed by atoms with Gasteiger partial charge in [0.25, 0.3) is 0 Å². The molecule has 2 aromatic rings. The fourth-order valence-corrected chi connectivity index (χ4v) is 4.61. The molecule has 0 aromatic heterocycles. The second-order valence-corrected chi connectivity index (χ2v) is 8.91. The first-order valence-electron chi connectivity index (χ1n) is 9.34. The number of esters is 2. The summed E-state index contributed by atoms with van der Waals surface area (Å²) in [6.45, 7) is 5.45. The Balaban J connectivity index is 2.02. The predicted molar refractivity (Wildman–Crippen MR) is 114 cm³/mol. The third-order valence-corrected chi connectivity index (χ3v) is 5.91. The van der Waals surface area contributed by atoms with Crippen LogP contribution in [0.25, 0.3) is 0 Å². The zero-order valence-corrected chi connectivity index (χ0v) is 18.1. The van der Waals surface area contributed by atoms with Gasteiger partial charge in [0, 0.05) is 16.8 Å². The van der Waals surface area contributed by atoms with Crippen molar-refractivity contribution in [1.29, 1.82) is 0 Å². The van der Waals surface area contributed by atoms with Crippen molar-refractivity contribution in [2.75, 3.05) is 19.1 Å². The smallest absolute Gasteiger partial charge is 0.328 e. The zero-order valence-electron chi connectivity index (χ0n) is 17.3. The number of hydrogen-bond acceptors (Lipinski definition) is 7. The van der Waals surface area contributed by atoms with Crippen LogP contribution in [0.5, 0.6) is 0 Å². The fourth-order valence-electron chi connectivity index (χ4n) is 3.21. The predicted octanol–water partition coefficient (Wildman–Crippen LogP) is 3.98. The lowest BCUT2D eigenvalue weighted by Gasteiger charge is -2.33. The van der Waals surface area contributed by atoms with E-state index in [-0.39, 0.29) is 12.4 Å². The number of nitrogens with two attached hydrogens (primary N) is 1. The minimum Gasteiger partial charge on any atom is -0.469 e. The molecule has 1 atom stereocenters. The van der Waals surface area contributed by atoms with Crippen LogP contribution in [0.1, 0.15) is 37.9 Å². The molecule has 7 heteroatoms. The van der Waals surface area contributed by atoms with Gasteiger partial charge in [-0.3, -0.25) is 4.79 Å². The van der Waals surface area contributed by atoms with Crippen LogP contribution in [0, 0.1) is 0 Å². The van der Waals surface area contributed by atoms with Gasteiger partial charge in [0.1, 0.15) is 11.6 Å². The van der Waals surface area contributed by atoms with E-state index in [9.17, 15) is 9.59 Å². The monoisotopic (exact) mass is 414 g/mol. The zero-order chi connectivity index (χ0) is 21.3. The number of fused-ring (bicyclic) bond motifs is 2. The maximum atomic E-state index is 12.6. The van der Waals surface area contributed by atoms with E-state index in [0.29, 0.717) is 5.56 Å². The third-order valence-electron chi connectivity index (χ3n) is 4.59. The number of benzene rings is 2. The average molecular weight is 415 g/mol. The third kappa shape index (κ3) is 4.41. The Kier molecular flexibility index (Phi) is 5.91. The van der Waals surface area contributed by atoms with E-state index in [4.69, 9.17) is 15.2 Å². The Bertz CT molecular complexity index is 952. The van der Waals surface area contributed by atoms with Crippen molar-refractivity contribution in [3.05, 3.63) is 47.5 Å². The first-order valence-corrected chi connectivity index (χ1v) is 10.2. The van der Waals surface area contributed by atoms with Crippen LogP contribution in [0.3, 0.4) is 0 Å². The number of carbonyl (C=O) groups is 2. The highest BCUT2D eigenvalue weighted by Gasteiger charge is 2.31. The van der Waals surface area contributed by atoms with Crippen LogP contribution in [0.4, 0.5) is 11.4 Å². The largest absolute Gasteiger partial charge is 0.469 e. The van der Waals surface area contributed by atoms with E-state index in [1.165, 1.54) is 18.9 Å². The molecule has 0 radical (unpaired) electrons. The fraction of sp³-hybridized carbons (Fsp3) is 0.364. The second-order valence-electron chi connectivity index (χ2n) is 7.89. The summed E-state index contributed by atoms with van der Waals surface area (Å²) in [5.41, 5.74) is 9.20. The van der Waals surface area contributed by atoms with E-state index < -0.39 is 17.6 Å². The highest BCUT2D eigenvalue weighted by molar-refractivity contribution is 7.99. The molecule has 29 heavy (non-hydrogen) atoms. The van der Waals surface area contributed by atoms with Crippen molar-refractivity contribution in [2.24, 2.45) is 5.73 Å². The van der Waals surface area contributed by atoms with Crippen molar-refractivity contribution in [1.82, 2.24) is 0 Å². The van der Waals surface area contributed by atoms with Crippen LogP contribution in [-0.2, 0) is 25.5 Å². The quantitative estimate of drug-likeness (QED) is 0.758. The van der Waals surface area contributed by atoms with E-state index in [0.717, 1.165) is 26.7 Å². The molecular formula is C22H26N2O4S. The lowest BCUT2D eigenvalue weighted by atomic mass is 10.0. The molecule has 1 aliphatic rings. The Morgan fingerprint density at radius 1 is 1.10 bits per heavy atom. The molecular weight excluding hydrogens is 388 g/mol. The Labute approximate surface area is 175 Å². The van der Waals surface area contributed by atoms with E-state index in [1.807, 2.05) is 69.1 Å². The van der Waals surface area contributed by atoms with E-state index >= 15 is 0 Å². The van der Waals surface area contributed by atoms with Crippen molar-refractivity contribution < 1.29 is 19.1 Å². The molecule has 0 aliphatic carbocycles. The van der Waals surface area contributed by atoms with Gasteiger partial charge < -0.3 is 20.1 Å². The molecule has 1 heterocycles. The maximum Gasteiger partial charge on any atom is 0.328 e. The summed E-state index contributed by atoms with van der Waals surface area (Å²) in [7, 11) is 3.34. The summed E-state index contributed by atoms with van der Waals surface area (Å²) in [4.78, 5) is 28.3. The van der Waals surface area contributed by atoms with Crippen LogP contribution >= 0.6 is 11.8 Å². The molecule has 154 valence electrons. The molecule has 0 saturated heterocycles. The minimum atomic E-state index is -0.903. The summed E-state index contributed by atoms with van der Waals surface area (Å²) in [5.74, 6) is -0.769. The van der Waals surface area contributed by atoms with Crippen molar-refractivity contribution in [2.45, 2.75) is 48.6 Å². The second kappa shape index (κ2) is 8.08. The summed E-state index contributed by atoms with van der Waals surface area (Å²) in [6, 6.07) is 10.7. The summed E-state index contributed by atoms with van der Waals surface area (Å²) in [6.07, 6.45) is 0.177. The van der Waals surface area contributed by atoms with Gasteiger partial charge in [0.05, 0.1) is 24.9 Å². The lowest BCUT2D eigenvalue weighted by Crippen LogP contribution is -2.32. The van der Waals surface area contributed by atoms with E-state index in [2.05, 4.69) is 0 Å². The Morgan fingerprint density at radius 2 is 1.72 bits per heavy atom. The van der Waals surface area contributed by atoms with Gasteiger partial charge in [-0.1, -0.05) is 36.0 Å². The van der Waals surface area contributed by atoms with Crippen LogP contribution < -0.4 is 10.6 Å². The summed E-state index contributed by atoms with van der Waals surface area (Å²) >= 11 is 1.52. The van der Waals surface area contributed by atoms with Gasteiger partial charge in [-0.15, -0.1) is 0 Å². The molecule has 2 aromatic carbocycles. The topological polar surface area (TPSA) is 81.9 Å². The SMILES string of the molecule is COC(=O)Cc1cccc2c1Sc1c(C(N)C(=O)OC(C)(C)C)cccc1N2C. The molecule has 3 rings (SSSR count). The molecule has 0 fully saturated rings. The van der Waals surface area contributed by atoms with Crippen molar-refractivity contribution >= 4 is 35.1 Å². The Hall–Kier alpha value is -2.51. The van der Waals surface area contributed by atoms with Gasteiger partial charge in [0.2, 0.25) is 0 Å². The molecule has 1 aliphatic heterocycles. The molecule has 0 saturated carbocycles. The Morgan fingerprint density at radius 3 is 2.34 bits per heavy atom. The normalized spacial score (nSPS) is 13.9. The molecule has 6 nitrogen and oxygen atoms in total. The van der Waals surface area contributed by atoms with Crippen LogP contribution in [0.2, 0.25) is 0 Å². The molecule has 2 N–H and O–H groups in total. The molecule has 1 unspecified atom stereocenters. The number of rotatable bonds is 4. The highest BCUT2D eigenvalue weighted by atomic mass is 32.2. The van der Waals surface area contributed by atoms with Gasteiger partial charge in [-0.05, 0) is 44.0 Å². The molecule has 0 amide bonds. The number of nitrogens with zero attached hydrogens (tertiary/aromatic N) is 1. The first kappa shape index (κ1) is 21.2. The number of ether oxygens (including phenoxy) is 2. The standard InChI is InChI=1S/C22H26N2O4S/c1-22(2,3)28-21(26)18(23)14-9-7-11-16-20(14)29-19-13(12-17(25)27-5)8-6-10-15(19)24(16)4/h6-11,18H,12,23H2,1-5H3. The van der Waals surface area contributed by atoms with Crippen molar-refractivity contribution in [3.63, 3.8) is 0 Å². The van der Waals surface area contributed by atoms with Gasteiger partial charge in [-0.2, -0.15) is 0 Å². The average Bonchev–Trinajstić information content (AvgIpc) is 2.66. The van der Waals surface area contributed by atoms with Gasteiger partial charge in [0.15, 0.2) is 0 Å². The van der Waals surface area contributed by atoms with Crippen LogP contribution in [-0.4, -0.2) is 31.7 Å². The lowest BCUT2D eigenvalue weighted by molar-refractivity contribution is -0.156. The number of hydrogen-bond donors (Lipinski definition) is 1. The summed E-state index contributed by atoms with van der Waals surface area (Å²) in [5, 5.41) is 0. The maximum absolute atomic E-state index is 12.6. The number of carbonyl (C=O) groups excluding carboxylic acids is 2. The number of methoxy groups -OCH3 is 1. The highest BCUT2D eigenvalue weighted by Crippen LogP contribution is 2.51. The van der Waals surface area contributed by atoms with Gasteiger partial charge in [-0.25, -0.2) is 4.79 Å². The van der Waals surface area contributed by atoms with Crippen molar-refractivity contribution in [3.8, 4) is 0 Å². The minimum absolute atomic E-state index is 0.177. The summed E-state index contributed by atoms with van der Waals surface area (Å²) < 4.78 is 10.3. The first-order chi connectivity index (χ1) is 13.6. The molecule has 0 bridgehead atoms. The van der Waals surface area contributed by atoms with E-state index in [1.54, 1.807) is 0 Å². The molecule has 0 spiro atoms. The number of anilines is 2.